The topological polar surface area (TPSA) is 34.1 Å². The van der Waals surface area contributed by atoms with Gasteiger partial charge in [0.2, 0.25) is 0 Å². The van der Waals surface area contributed by atoms with Gasteiger partial charge in [-0.15, -0.1) is 0 Å². The van der Waals surface area contributed by atoms with E-state index in [0.717, 1.165) is 29.1 Å². The summed E-state index contributed by atoms with van der Waals surface area (Å²) in [6.45, 7) is 0.795. The smallest absolute Gasteiger partial charge is 0.118 e. The molecule has 1 heterocycles. The molecule has 2 rings (SSSR count). The van der Waals surface area contributed by atoms with Crippen LogP contribution in [0.1, 0.15) is 5.69 Å². The molecule has 0 saturated heterocycles. The fraction of sp³-hybridized carbons (Fsp3) is 0.214. The molecule has 0 fully saturated rings. The number of pyridine rings is 1. The Morgan fingerprint density at radius 2 is 1.76 bits per heavy atom. The summed E-state index contributed by atoms with van der Waals surface area (Å²) >= 11 is 0. The van der Waals surface area contributed by atoms with E-state index in [-0.39, 0.29) is 0 Å². The van der Waals surface area contributed by atoms with Crippen LogP contribution in [0.4, 0.5) is 0 Å². The fourth-order valence-electron chi connectivity index (χ4n) is 1.66. The largest absolute Gasteiger partial charge is 0.497 e. The summed E-state index contributed by atoms with van der Waals surface area (Å²) < 4.78 is 5.13. The zero-order valence-corrected chi connectivity index (χ0v) is 10.1. The average Bonchev–Trinajstić information content (AvgIpc) is 2.40. The molecule has 3 heteroatoms. The average molecular weight is 228 g/mol. The molecule has 0 unspecified atom stereocenters. The van der Waals surface area contributed by atoms with E-state index in [1.54, 1.807) is 7.11 Å². The van der Waals surface area contributed by atoms with Gasteiger partial charge < -0.3 is 10.1 Å². The van der Waals surface area contributed by atoms with Gasteiger partial charge in [-0.25, -0.2) is 0 Å². The second-order valence-corrected chi connectivity index (χ2v) is 3.80. The molecule has 0 amide bonds. The molecule has 0 radical (unpaired) electrons. The van der Waals surface area contributed by atoms with Crippen LogP contribution in [0.2, 0.25) is 0 Å². The van der Waals surface area contributed by atoms with Crippen molar-refractivity contribution in [2.45, 2.75) is 6.54 Å². The normalized spacial score (nSPS) is 10.2. The van der Waals surface area contributed by atoms with Crippen LogP contribution in [0.25, 0.3) is 11.1 Å². The summed E-state index contributed by atoms with van der Waals surface area (Å²) in [7, 11) is 3.59. The molecule has 1 N–H and O–H groups in total. The molecular formula is C14H16N2O. The van der Waals surface area contributed by atoms with E-state index in [9.17, 15) is 0 Å². The second-order valence-electron chi connectivity index (χ2n) is 3.80. The van der Waals surface area contributed by atoms with Crippen LogP contribution in [0.3, 0.4) is 0 Å². The number of methoxy groups -OCH3 is 1. The van der Waals surface area contributed by atoms with E-state index >= 15 is 0 Å². The highest BCUT2D eigenvalue weighted by Crippen LogP contribution is 2.21. The number of hydrogen-bond donors (Lipinski definition) is 1. The molecule has 88 valence electrons. The minimum atomic E-state index is 0.795. The van der Waals surface area contributed by atoms with Crippen LogP contribution in [0.15, 0.2) is 42.6 Å². The SMILES string of the molecule is CNCc1ccc(-c2ccc(OC)cc2)cn1. The molecule has 0 atom stereocenters. The Hall–Kier alpha value is -1.87. The third-order valence-corrected chi connectivity index (χ3v) is 2.61. The molecule has 0 bridgehead atoms. The summed E-state index contributed by atoms with van der Waals surface area (Å²) in [5.41, 5.74) is 3.31. The number of rotatable bonds is 4. The lowest BCUT2D eigenvalue weighted by Crippen LogP contribution is -2.06. The summed E-state index contributed by atoms with van der Waals surface area (Å²) in [6, 6.07) is 12.1. The number of nitrogens with one attached hydrogen (secondary N) is 1. The van der Waals surface area contributed by atoms with Gasteiger partial charge in [0, 0.05) is 18.3 Å². The minimum absolute atomic E-state index is 0.795. The zero-order valence-electron chi connectivity index (χ0n) is 10.1. The molecule has 1 aromatic heterocycles. The summed E-state index contributed by atoms with van der Waals surface area (Å²) in [5, 5.41) is 3.08. The predicted octanol–water partition coefficient (Wildman–Crippen LogP) is 2.48. The third-order valence-electron chi connectivity index (χ3n) is 2.61. The van der Waals surface area contributed by atoms with Gasteiger partial charge in [0.1, 0.15) is 5.75 Å². The molecule has 0 aliphatic carbocycles. The van der Waals surface area contributed by atoms with Gasteiger partial charge >= 0.3 is 0 Å². The van der Waals surface area contributed by atoms with E-state index in [4.69, 9.17) is 4.74 Å². The highest BCUT2D eigenvalue weighted by Gasteiger charge is 1.99. The summed E-state index contributed by atoms with van der Waals surface area (Å²) in [6.07, 6.45) is 1.90. The van der Waals surface area contributed by atoms with Gasteiger partial charge in [0.15, 0.2) is 0 Å². The number of nitrogens with zero attached hydrogens (tertiary/aromatic N) is 1. The van der Waals surface area contributed by atoms with Gasteiger partial charge in [-0.2, -0.15) is 0 Å². The van der Waals surface area contributed by atoms with Gasteiger partial charge in [-0.1, -0.05) is 18.2 Å². The molecule has 1 aromatic carbocycles. The lowest BCUT2D eigenvalue weighted by molar-refractivity contribution is 0.415. The standard InChI is InChI=1S/C14H16N2O/c1-15-10-13-6-3-12(9-16-13)11-4-7-14(17-2)8-5-11/h3-9,15H,10H2,1-2H3. The number of ether oxygens (including phenoxy) is 1. The monoisotopic (exact) mass is 228 g/mol. The van der Waals surface area contributed by atoms with E-state index in [2.05, 4.69) is 16.4 Å². The van der Waals surface area contributed by atoms with Crippen molar-refractivity contribution < 1.29 is 4.74 Å². The van der Waals surface area contributed by atoms with Crippen molar-refractivity contribution in [2.24, 2.45) is 0 Å². The van der Waals surface area contributed by atoms with E-state index in [1.165, 1.54) is 0 Å². The number of aromatic nitrogens is 1. The van der Waals surface area contributed by atoms with Crippen molar-refractivity contribution in [3.63, 3.8) is 0 Å². The van der Waals surface area contributed by atoms with Gasteiger partial charge in [-0.3, -0.25) is 4.98 Å². The maximum atomic E-state index is 5.13. The zero-order chi connectivity index (χ0) is 12.1. The van der Waals surface area contributed by atoms with E-state index in [0.29, 0.717) is 0 Å². The molecule has 0 aliphatic heterocycles. The molecule has 0 aliphatic rings. The molecule has 3 nitrogen and oxygen atoms in total. The van der Waals surface area contributed by atoms with Crippen LogP contribution in [-0.2, 0) is 6.54 Å². The lowest BCUT2D eigenvalue weighted by Gasteiger charge is -2.04. The molecular weight excluding hydrogens is 212 g/mol. The lowest BCUT2D eigenvalue weighted by atomic mass is 10.1. The van der Waals surface area contributed by atoms with Crippen molar-refractivity contribution in [1.82, 2.24) is 10.3 Å². The Bertz CT molecular complexity index is 463. The first-order chi connectivity index (χ1) is 8.33. The Morgan fingerprint density at radius 1 is 1.06 bits per heavy atom. The second kappa shape index (κ2) is 5.46. The summed E-state index contributed by atoms with van der Waals surface area (Å²) in [4.78, 5) is 4.39. The Kier molecular flexibility index (Phi) is 3.73. The minimum Gasteiger partial charge on any atom is -0.497 e. The van der Waals surface area contributed by atoms with Crippen LogP contribution in [0.5, 0.6) is 5.75 Å². The van der Waals surface area contributed by atoms with Crippen molar-refractivity contribution in [3.8, 4) is 16.9 Å². The van der Waals surface area contributed by atoms with Crippen LogP contribution < -0.4 is 10.1 Å². The Labute approximate surface area is 101 Å². The molecule has 0 spiro atoms. The van der Waals surface area contributed by atoms with Crippen molar-refractivity contribution >= 4 is 0 Å². The van der Waals surface area contributed by atoms with Crippen molar-refractivity contribution in [1.29, 1.82) is 0 Å². The summed E-state index contributed by atoms with van der Waals surface area (Å²) in [5.74, 6) is 0.869. The first-order valence-electron chi connectivity index (χ1n) is 5.57. The van der Waals surface area contributed by atoms with Crippen LogP contribution >= 0.6 is 0 Å². The molecule has 17 heavy (non-hydrogen) atoms. The Balaban J connectivity index is 2.20. The van der Waals surface area contributed by atoms with E-state index < -0.39 is 0 Å². The van der Waals surface area contributed by atoms with Gasteiger partial charge in [0.25, 0.3) is 0 Å². The van der Waals surface area contributed by atoms with Gasteiger partial charge in [-0.05, 0) is 30.8 Å². The first kappa shape index (κ1) is 11.6. The first-order valence-corrected chi connectivity index (χ1v) is 5.57. The van der Waals surface area contributed by atoms with Crippen LogP contribution in [0, 0.1) is 0 Å². The van der Waals surface area contributed by atoms with Gasteiger partial charge in [0.05, 0.1) is 12.8 Å². The number of benzene rings is 1. The number of hydrogen-bond acceptors (Lipinski definition) is 3. The van der Waals surface area contributed by atoms with Crippen molar-refractivity contribution in [2.75, 3.05) is 14.2 Å². The molecule has 2 aromatic rings. The maximum Gasteiger partial charge on any atom is 0.118 e. The third kappa shape index (κ3) is 2.82. The fourth-order valence-corrected chi connectivity index (χ4v) is 1.66. The van der Waals surface area contributed by atoms with Crippen LogP contribution in [-0.4, -0.2) is 19.1 Å². The Morgan fingerprint density at radius 3 is 2.29 bits per heavy atom. The van der Waals surface area contributed by atoms with E-state index in [1.807, 2.05) is 43.6 Å². The quantitative estimate of drug-likeness (QED) is 0.873. The molecule has 0 saturated carbocycles. The highest BCUT2D eigenvalue weighted by molar-refractivity contribution is 5.63. The van der Waals surface area contributed by atoms with Crippen molar-refractivity contribution in [3.05, 3.63) is 48.3 Å². The maximum absolute atomic E-state index is 5.13. The predicted molar refractivity (Wildman–Crippen MR) is 69.0 cm³/mol. The highest BCUT2D eigenvalue weighted by atomic mass is 16.5.